The van der Waals surface area contributed by atoms with Crippen molar-refractivity contribution in [2.45, 2.75) is 17.7 Å². The predicted octanol–water partition coefficient (Wildman–Crippen LogP) is 1.13. The number of ether oxygens (including phenoxy) is 1. The third-order valence-electron chi connectivity index (χ3n) is 4.03. The number of thioether (sulfide) groups is 1. The van der Waals surface area contributed by atoms with Crippen molar-refractivity contribution < 1.29 is 17.9 Å². The number of nitrogens with zero attached hydrogens (tertiary/aromatic N) is 1. The topological polar surface area (TPSA) is 96.9 Å². The summed E-state index contributed by atoms with van der Waals surface area (Å²) in [6.07, 6.45) is 0.775. The Morgan fingerprint density at radius 1 is 1.32 bits per heavy atom. The van der Waals surface area contributed by atoms with Gasteiger partial charge in [-0.05, 0) is 30.7 Å². The van der Waals surface area contributed by atoms with Gasteiger partial charge in [-0.15, -0.1) is 0 Å². The maximum atomic E-state index is 12.0. The van der Waals surface area contributed by atoms with Crippen molar-refractivity contribution in [3.05, 3.63) is 29.8 Å². The first-order valence-corrected chi connectivity index (χ1v) is 10.8. The van der Waals surface area contributed by atoms with Crippen LogP contribution < -0.4 is 10.6 Å². The molecule has 2 atom stereocenters. The summed E-state index contributed by atoms with van der Waals surface area (Å²) in [5.41, 5.74) is 1.41. The molecule has 0 radical (unpaired) electrons. The molecule has 136 valence electrons. The van der Waals surface area contributed by atoms with E-state index in [-0.39, 0.29) is 28.7 Å². The lowest BCUT2D eigenvalue weighted by Gasteiger charge is -2.08. The molecule has 2 aliphatic rings. The van der Waals surface area contributed by atoms with Gasteiger partial charge in [0.15, 0.2) is 15.0 Å². The van der Waals surface area contributed by atoms with Gasteiger partial charge in [-0.3, -0.25) is 9.79 Å². The third kappa shape index (κ3) is 4.74. The number of benzene rings is 1. The van der Waals surface area contributed by atoms with Crippen molar-refractivity contribution in [1.82, 2.24) is 5.32 Å². The second kappa shape index (κ2) is 7.76. The molecule has 2 aliphatic heterocycles. The number of fused-ring (bicyclic) bond motifs is 1. The first kappa shape index (κ1) is 18.2. The van der Waals surface area contributed by atoms with Crippen LogP contribution in [0.3, 0.4) is 0 Å². The van der Waals surface area contributed by atoms with Crippen LogP contribution in [-0.2, 0) is 14.6 Å². The number of carbonyl (C=O) groups excluding carboxylic acids is 1. The zero-order chi connectivity index (χ0) is 17.9. The molecule has 3 rings (SSSR count). The third-order valence-corrected chi connectivity index (χ3v) is 7.17. The summed E-state index contributed by atoms with van der Waals surface area (Å²) in [4.78, 5) is 16.5. The van der Waals surface area contributed by atoms with Crippen LogP contribution in [-0.4, -0.2) is 62.6 Å². The Balaban J connectivity index is 1.52. The maximum absolute atomic E-state index is 12.0. The number of nitrogens with one attached hydrogen (secondary N) is 2. The first-order chi connectivity index (χ1) is 12.0. The largest absolute Gasteiger partial charge is 0.385 e. The smallest absolute Gasteiger partial charge is 0.251 e. The van der Waals surface area contributed by atoms with Gasteiger partial charge in [0.05, 0.1) is 17.5 Å². The number of rotatable bonds is 6. The molecule has 0 bridgehead atoms. The van der Waals surface area contributed by atoms with E-state index in [1.807, 2.05) is 12.1 Å². The number of hydrogen-bond donors (Lipinski definition) is 2. The molecule has 0 aliphatic carbocycles. The number of aliphatic imine (C=N–C) groups is 1. The molecule has 1 aromatic carbocycles. The Morgan fingerprint density at radius 2 is 2.08 bits per heavy atom. The molecular formula is C16H21N3O4S2. The second-order valence-electron chi connectivity index (χ2n) is 6.04. The summed E-state index contributed by atoms with van der Waals surface area (Å²) in [5, 5.41) is 6.79. The molecule has 0 saturated carbocycles. The Kier molecular flexibility index (Phi) is 5.65. The standard InChI is InChI=1S/C16H21N3O4S2/c1-23-8-2-7-17-15(20)11-3-5-12(6-4-11)18-16-19-13-9-25(21,22)10-14(13)24-16/h3-6,13-14H,2,7-10H2,1H3,(H,17,20)(H,18,19)/t13-,14-/m1/s1. The molecule has 1 saturated heterocycles. The zero-order valence-electron chi connectivity index (χ0n) is 13.9. The van der Waals surface area contributed by atoms with Crippen LogP contribution in [0, 0.1) is 0 Å². The maximum Gasteiger partial charge on any atom is 0.251 e. The normalized spacial score (nSPS) is 23.8. The van der Waals surface area contributed by atoms with Crippen LogP contribution >= 0.6 is 11.8 Å². The van der Waals surface area contributed by atoms with Gasteiger partial charge in [0.1, 0.15) is 0 Å². The van der Waals surface area contributed by atoms with Gasteiger partial charge in [-0.1, -0.05) is 11.8 Å². The van der Waals surface area contributed by atoms with E-state index >= 15 is 0 Å². The van der Waals surface area contributed by atoms with Crippen molar-refractivity contribution in [3.63, 3.8) is 0 Å². The van der Waals surface area contributed by atoms with Gasteiger partial charge >= 0.3 is 0 Å². The monoisotopic (exact) mass is 383 g/mol. The number of sulfone groups is 1. The summed E-state index contributed by atoms with van der Waals surface area (Å²) in [6, 6.07) is 6.99. The average Bonchev–Trinajstić information content (AvgIpc) is 3.04. The molecule has 0 spiro atoms. The lowest BCUT2D eigenvalue weighted by atomic mass is 10.2. The van der Waals surface area contributed by atoms with Crippen molar-refractivity contribution in [1.29, 1.82) is 0 Å². The Hall–Kier alpha value is -1.58. The van der Waals surface area contributed by atoms with E-state index in [2.05, 4.69) is 15.6 Å². The van der Waals surface area contributed by atoms with Gasteiger partial charge in [0.25, 0.3) is 5.91 Å². The Labute approximate surface area is 151 Å². The molecule has 0 unspecified atom stereocenters. The number of anilines is 1. The van der Waals surface area contributed by atoms with Crippen molar-refractivity contribution in [2.24, 2.45) is 4.99 Å². The fourth-order valence-electron chi connectivity index (χ4n) is 2.76. The Bertz CT molecular complexity index is 762. The van der Waals surface area contributed by atoms with Gasteiger partial charge in [0, 0.05) is 36.8 Å². The van der Waals surface area contributed by atoms with E-state index < -0.39 is 9.84 Å². The van der Waals surface area contributed by atoms with E-state index in [0.29, 0.717) is 18.7 Å². The molecule has 9 heteroatoms. The molecule has 0 aromatic heterocycles. The minimum atomic E-state index is -2.94. The lowest BCUT2D eigenvalue weighted by molar-refractivity contribution is 0.0948. The molecule has 2 heterocycles. The SMILES string of the molecule is COCCCNC(=O)c1ccc(NC2=N[C@@H]3CS(=O)(=O)C[C@H]3S2)cc1. The summed E-state index contributed by atoms with van der Waals surface area (Å²) in [7, 11) is -1.30. The number of hydrogen-bond acceptors (Lipinski definition) is 7. The average molecular weight is 383 g/mol. The zero-order valence-corrected chi connectivity index (χ0v) is 15.5. The van der Waals surface area contributed by atoms with Crippen LogP contribution in [0.15, 0.2) is 29.3 Å². The van der Waals surface area contributed by atoms with Crippen LogP contribution in [0.5, 0.6) is 0 Å². The number of methoxy groups -OCH3 is 1. The molecule has 1 aromatic rings. The van der Waals surface area contributed by atoms with Gasteiger partial charge < -0.3 is 15.4 Å². The van der Waals surface area contributed by atoms with Gasteiger partial charge in [0.2, 0.25) is 0 Å². The molecule has 25 heavy (non-hydrogen) atoms. The minimum absolute atomic E-state index is 0.0182. The van der Waals surface area contributed by atoms with Gasteiger partial charge in [-0.2, -0.15) is 0 Å². The highest BCUT2D eigenvalue weighted by molar-refractivity contribution is 8.15. The highest BCUT2D eigenvalue weighted by atomic mass is 32.2. The van der Waals surface area contributed by atoms with E-state index in [9.17, 15) is 13.2 Å². The summed E-state index contributed by atoms with van der Waals surface area (Å²) in [5.74, 6) is 0.215. The van der Waals surface area contributed by atoms with E-state index in [1.165, 1.54) is 11.8 Å². The number of carbonyl (C=O) groups is 1. The van der Waals surface area contributed by atoms with Gasteiger partial charge in [-0.25, -0.2) is 8.42 Å². The molecule has 7 nitrogen and oxygen atoms in total. The summed E-state index contributed by atoms with van der Waals surface area (Å²) in [6.45, 7) is 1.19. The van der Waals surface area contributed by atoms with Crippen molar-refractivity contribution in [3.8, 4) is 0 Å². The first-order valence-electron chi connectivity index (χ1n) is 8.06. The van der Waals surface area contributed by atoms with Crippen LogP contribution in [0.4, 0.5) is 5.69 Å². The van der Waals surface area contributed by atoms with E-state index in [1.54, 1.807) is 19.2 Å². The highest BCUT2D eigenvalue weighted by Gasteiger charge is 2.42. The fourth-order valence-corrected chi connectivity index (χ4v) is 6.44. The molecule has 2 N–H and O–H groups in total. The van der Waals surface area contributed by atoms with Crippen molar-refractivity contribution >= 4 is 38.4 Å². The highest BCUT2D eigenvalue weighted by Crippen LogP contribution is 2.34. The van der Waals surface area contributed by atoms with Crippen LogP contribution in [0.1, 0.15) is 16.8 Å². The lowest BCUT2D eigenvalue weighted by Crippen LogP contribution is -2.25. The minimum Gasteiger partial charge on any atom is -0.385 e. The summed E-state index contributed by atoms with van der Waals surface area (Å²) >= 11 is 1.47. The predicted molar refractivity (Wildman–Crippen MR) is 100 cm³/mol. The van der Waals surface area contributed by atoms with E-state index in [0.717, 1.165) is 17.3 Å². The van der Waals surface area contributed by atoms with Crippen molar-refractivity contribution in [2.75, 3.05) is 37.1 Å². The van der Waals surface area contributed by atoms with Crippen LogP contribution in [0.2, 0.25) is 0 Å². The molecule has 1 fully saturated rings. The molecule has 1 amide bonds. The Morgan fingerprint density at radius 3 is 2.76 bits per heavy atom. The number of amidine groups is 1. The summed E-state index contributed by atoms with van der Waals surface area (Å²) < 4.78 is 28.1. The fraction of sp³-hybridized carbons (Fsp3) is 0.500. The van der Waals surface area contributed by atoms with E-state index in [4.69, 9.17) is 4.74 Å². The quantitative estimate of drug-likeness (QED) is 0.715. The van der Waals surface area contributed by atoms with Crippen LogP contribution in [0.25, 0.3) is 0 Å². The number of amides is 1. The second-order valence-corrected chi connectivity index (χ2v) is 9.42. The molecular weight excluding hydrogens is 362 g/mol.